The van der Waals surface area contributed by atoms with E-state index in [1.54, 1.807) is 0 Å². The van der Waals surface area contributed by atoms with Gasteiger partial charge in [-0.15, -0.1) is 0 Å². The van der Waals surface area contributed by atoms with Gasteiger partial charge in [0.25, 0.3) is 0 Å². The van der Waals surface area contributed by atoms with E-state index < -0.39 is 0 Å². The molecule has 1 aromatic heterocycles. The standard InChI is InChI=1S/C29H32N2O/c1-28(2,3)23-17-21(18-24(27(23)32)29(4,5)6)26-19-25(20-13-9-7-10-14-20)30-31(26)22-15-11-8-12-16-22/h7-19,32H,1-6H3. The van der Waals surface area contributed by atoms with Crippen LogP contribution in [0, 0.1) is 0 Å². The first kappa shape index (κ1) is 21.9. The lowest BCUT2D eigenvalue weighted by Gasteiger charge is -2.28. The van der Waals surface area contributed by atoms with Crippen molar-refractivity contribution in [2.24, 2.45) is 0 Å². The van der Waals surface area contributed by atoms with E-state index in [1.807, 2.05) is 41.1 Å². The Bertz CT molecular complexity index is 1190. The Morgan fingerprint density at radius 2 is 1.16 bits per heavy atom. The topological polar surface area (TPSA) is 38.0 Å². The number of benzene rings is 3. The van der Waals surface area contributed by atoms with Gasteiger partial charge in [-0.1, -0.05) is 90.1 Å². The molecule has 0 saturated carbocycles. The van der Waals surface area contributed by atoms with Gasteiger partial charge in [-0.05, 0) is 41.2 Å². The van der Waals surface area contributed by atoms with Crippen LogP contribution in [-0.2, 0) is 10.8 Å². The average molecular weight is 425 g/mol. The van der Waals surface area contributed by atoms with Crippen LogP contribution in [-0.4, -0.2) is 14.9 Å². The molecule has 0 amide bonds. The van der Waals surface area contributed by atoms with Crippen LogP contribution in [0.25, 0.3) is 28.2 Å². The highest BCUT2D eigenvalue weighted by Crippen LogP contribution is 2.42. The summed E-state index contributed by atoms with van der Waals surface area (Å²) in [7, 11) is 0. The van der Waals surface area contributed by atoms with E-state index in [1.165, 1.54) is 0 Å². The number of phenols is 1. The quantitative estimate of drug-likeness (QED) is 0.369. The summed E-state index contributed by atoms with van der Waals surface area (Å²) in [5, 5.41) is 16.2. The van der Waals surface area contributed by atoms with Gasteiger partial charge in [0.05, 0.1) is 17.1 Å². The maximum atomic E-state index is 11.2. The molecule has 32 heavy (non-hydrogen) atoms. The van der Waals surface area contributed by atoms with Crippen molar-refractivity contribution in [3.8, 4) is 34.0 Å². The fourth-order valence-electron chi connectivity index (χ4n) is 4.03. The number of phenolic OH excluding ortho intramolecular Hbond substituents is 1. The molecule has 3 heteroatoms. The summed E-state index contributed by atoms with van der Waals surface area (Å²) < 4.78 is 2.01. The van der Waals surface area contributed by atoms with Crippen LogP contribution in [0.15, 0.2) is 78.9 Å². The average Bonchev–Trinajstić information content (AvgIpc) is 3.19. The lowest BCUT2D eigenvalue weighted by atomic mass is 9.78. The zero-order valence-corrected chi connectivity index (χ0v) is 19.8. The first-order valence-corrected chi connectivity index (χ1v) is 11.1. The predicted octanol–water partition coefficient (Wildman–Crippen LogP) is 7.51. The van der Waals surface area contributed by atoms with E-state index in [2.05, 4.69) is 84.0 Å². The van der Waals surface area contributed by atoms with Crippen LogP contribution in [0.1, 0.15) is 52.7 Å². The largest absolute Gasteiger partial charge is 0.507 e. The summed E-state index contributed by atoms with van der Waals surface area (Å²) in [6.45, 7) is 12.8. The second-order valence-corrected chi connectivity index (χ2v) is 10.4. The Hall–Kier alpha value is -3.33. The summed E-state index contributed by atoms with van der Waals surface area (Å²) >= 11 is 0. The van der Waals surface area contributed by atoms with Crippen LogP contribution in [0.3, 0.4) is 0 Å². The lowest BCUT2D eigenvalue weighted by molar-refractivity contribution is 0.423. The molecule has 164 valence electrons. The molecular formula is C29H32N2O. The van der Waals surface area contributed by atoms with Crippen molar-refractivity contribution in [2.75, 3.05) is 0 Å². The van der Waals surface area contributed by atoms with Gasteiger partial charge in [-0.25, -0.2) is 4.68 Å². The molecular weight excluding hydrogens is 392 g/mol. The molecule has 0 radical (unpaired) electrons. The third-order valence-corrected chi connectivity index (χ3v) is 5.80. The third-order valence-electron chi connectivity index (χ3n) is 5.80. The number of hydrogen-bond acceptors (Lipinski definition) is 2. The first-order chi connectivity index (χ1) is 15.1. The molecule has 3 nitrogen and oxygen atoms in total. The van der Waals surface area contributed by atoms with Gasteiger partial charge in [0, 0.05) is 22.3 Å². The van der Waals surface area contributed by atoms with Gasteiger partial charge < -0.3 is 5.11 Å². The molecule has 0 aliphatic heterocycles. The Kier molecular flexibility index (Phi) is 5.46. The Morgan fingerprint density at radius 1 is 0.656 bits per heavy atom. The van der Waals surface area contributed by atoms with Crippen LogP contribution in [0.2, 0.25) is 0 Å². The minimum Gasteiger partial charge on any atom is -0.507 e. The summed E-state index contributed by atoms with van der Waals surface area (Å²) in [6, 6.07) is 26.9. The van der Waals surface area contributed by atoms with Crippen LogP contribution < -0.4 is 0 Å². The summed E-state index contributed by atoms with van der Waals surface area (Å²) in [6.07, 6.45) is 0. The normalized spacial score (nSPS) is 12.2. The summed E-state index contributed by atoms with van der Waals surface area (Å²) in [5.41, 5.74) is 6.57. The molecule has 1 heterocycles. The predicted molar refractivity (Wildman–Crippen MR) is 134 cm³/mol. The first-order valence-electron chi connectivity index (χ1n) is 11.1. The van der Waals surface area contributed by atoms with Crippen molar-refractivity contribution in [3.63, 3.8) is 0 Å². The van der Waals surface area contributed by atoms with E-state index in [4.69, 9.17) is 5.10 Å². The van der Waals surface area contributed by atoms with Crippen molar-refractivity contribution in [1.82, 2.24) is 9.78 Å². The minimum atomic E-state index is -0.194. The number of hydrogen-bond donors (Lipinski definition) is 1. The highest BCUT2D eigenvalue weighted by atomic mass is 16.3. The smallest absolute Gasteiger partial charge is 0.123 e. The van der Waals surface area contributed by atoms with Crippen molar-refractivity contribution < 1.29 is 5.11 Å². The van der Waals surface area contributed by atoms with E-state index >= 15 is 0 Å². The molecule has 4 aromatic rings. The molecule has 4 rings (SSSR count). The van der Waals surface area contributed by atoms with Crippen molar-refractivity contribution in [2.45, 2.75) is 52.4 Å². The Morgan fingerprint density at radius 3 is 1.66 bits per heavy atom. The minimum absolute atomic E-state index is 0.194. The van der Waals surface area contributed by atoms with Crippen LogP contribution in [0.4, 0.5) is 0 Å². The highest BCUT2D eigenvalue weighted by Gasteiger charge is 2.28. The molecule has 0 bridgehead atoms. The molecule has 1 N–H and O–H groups in total. The van der Waals surface area contributed by atoms with Gasteiger partial charge in [0.15, 0.2) is 0 Å². The maximum Gasteiger partial charge on any atom is 0.123 e. The number of para-hydroxylation sites is 1. The van der Waals surface area contributed by atoms with E-state index in [0.29, 0.717) is 5.75 Å². The SMILES string of the molecule is CC(C)(C)c1cc(-c2cc(-c3ccccc3)nn2-c2ccccc2)cc(C(C)(C)C)c1O. The van der Waals surface area contributed by atoms with Gasteiger partial charge >= 0.3 is 0 Å². The van der Waals surface area contributed by atoms with Gasteiger partial charge in [-0.2, -0.15) is 5.10 Å². The Labute approximate surface area is 191 Å². The molecule has 0 fully saturated rings. The molecule has 0 aliphatic carbocycles. The number of rotatable bonds is 3. The van der Waals surface area contributed by atoms with Crippen molar-refractivity contribution in [3.05, 3.63) is 90.0 Å². The number of nitrogens with zero attached hydrogens (tertiary/aromatic N) is 2. The van der Waals surface area contributed by atoms with E-state index in [-0.39, 0.29) is 10.8 Å². The maximum absolute atomic E-state index is 11.2. The zero-order valence-electron chi connectivity index (χ0n) is 19.8. The molecule has 0 aliphatic rings. The van der Waals surface area contributed by atoms with E-state index in [0.717, 1.165) is 39.3 Å². The van der Waals surface area contributed by atoms with Crippen LogP contribution in [0.5, 0.6) is 5.75 Å². The fraction of sp³-hybridized carbons (Fsp3) is 0.276. The van der Waals surface area contributed by atoms with Gasteiger partial charge in [0.2, 0.25) is 0 Å². The fourth-order valence-corrected chi connectivity index (χ4v) is 4.03. The number of aromatic hydroxyl groups is 1. The zero-order chi connectivity index (χ0) is 23.1. The summed E-state index contributed by atoms with van der Waals surface area (Å²) in [4.78, 5) is 0. The molecule has 0 saturated heterocycles. The lowest BCUT2D eigenvalue weighted by Crippen LogP contribution is -2.17. The molecule has 0 spiro atoms. The second kappa shape index (κ2) is 7.98. The summed E-state index contributed by atoms with van der Waals surface area (Å²) in [5.74, 6) is 0.391. The van der Waals surface area contributed by atoms with E-state index in [9.17, 15) is 5.11 Å². The molecule has 0 atom stereocenters. The van der Waals surface area contributed by atoms with Crippen LogP contribution >= 0.6 is 0 Å². The number of aromatic nitrogens is 2. The van der Waals surface area contributed by atoms with Gasteiger partial charge in [0.1, 0.15) is 5.75 Å². The second-order valence-electron chi connectivity index (χ2n) is 10.4. The molecule has 3 aromatic carbocycles. The third kappa shape index (κ3) is 4.20. The molecule has 0 unspecified atom stereocenters. The monoisotopic (exact) mass is 424 g/mol. The van der Waals surface area contributed by atoms with Crippen molar-refractivity contribution >= 4 is 0 Å². The van der Waals surface area contributed by atoms with Crippen molar-refractivity contribution in [1.29, 1.82) is 0 Å². The van der Waals surface area contributed by atoms with Gasteiger partial charge in [-0.3, -0.25) is 0 Å². The highest BCUT2D eigenvalue weighted by molar-refractivity contribution is 5.73. The Balaban J connectivity index is 2.02.